The fourth-order valence-electron chi connectivity index (χ4n) is 2.68. The molecule has 2 aromatic rings. The normalized spacial score (nSPS) is 14.2. The Labute approximate surface area is 127 Å². The molecule has 0 radical (unpaired) electrons. The number of hydrogen-bond acceptors (Lipinski definition) is 3. The fourth-order valence-corrected chi connectivity index (χ4v) is 2.68. The van der Waals surface area contributed by atoms with Gasteiger partial charge in [-0.3, -0.25) is 0 Å². The maximum atomic E-state index is 4.68. The monoisotopic (exact) mass is 281 g/mol. The summed E-state index contributed by atoms with van der Waals surface area (Å²) in [7, 11) is 2.08. The van der Waals surface area contributed by atoms with Gasteiger partial charge in [-0.1, -0.05) is 18.2 Å². The number of nitrogens with zero attached hydrogens (tertiary/aromatic N) is 2. The first-order chi connectivity index (χ1) is 10.1. The average molecular weight is 281 g/mol. The van der Waals surface area contributed by atoms with Crippen LogP contribution >= 0.6 is 0 Å². The highest BCUT2D eigenvalue weighted by molar-refractivity contribution is 5.65. The SMILES string of the molecule is Cc1ccccc1N(C)c1ncc(CNC2CC2)cc1C. The van der Waals surface area contributed by atoms with Gasteiger partial charge in [0.05, 0.1) is 0 Å². The molecule has 1 N–H and O–H groups in total. The van der Waals surface area contributed by atoms with Gasteiger partial charge in [-0.05, 0) is 55.5 Å². The molecule has 1 aliphatic carbocycles. The molecule has 1 heterocycles. The Kier molecular flexibility index (Phi) is 3.93. The first-order valence-corrected chi connectivity index (χ1v) is 7.63. The molecule has 0 unspecified atom stereocenters. The summed E-state index contributed by atoms with van der Waals surface area (Å²) in [5.74, 6) is 1.03. The number of aryl methyl sites for hydroxylation is 2. The summed E-state index contributed by atoms with van der Waals surface area (Å²) in [6.07, 6.45) is 4.63. The molecule has 21 heavy (non-hydrogen) atoms. The minimum atomic E-state index is 0.736. The molecule has 1 aromatic heterocycles. The van der Waals surface area contributed by atoms with Crippen LogP contribution in [0.25, 0.3) is 0 Å². The van der Waals surface area contributed by atoms with Crippen LogP contribution in [0.4, 0.5) is 11.5 Å². The van der Waals surface area contributed by atoms with Crippen LogP contribution in [-0.2, 0) is 6.54 Å². The molecule has 110 valence electrons. The van der Waals surface area contributed by atoms with E-state index in [-0.39, 0.29) is 0 Å². The number of para-hydroxylation sites is 1. The van der Waals surface area contributed by atoms with Crippen molar-refractivity contribution in [2.24, 2.45) is 0 Å². The zero-order valence-corrected chi connectivity index (χ0v) is 13.1. The Hall–Kier alpha value is -1.87. The molecular weight excluding hydrogens is 258 g/mol. The third kappa shape index (κ3) is 3.24. The van der Waals surface area contributed by atoms with Crippen LogP contribution < -0.4 is 10.2 Å². The van der Waals surface area contributed by atoms with Crippen molar-refractivity contribution in [1.82, 2.24) is 10.3 Å². The van der Waals surface area contributed by atoms with Gasteiger partial charge in [0, 0.05) is 31.5 Å². The van der Waals surface area contributed by atoms with Crippen LogP contribution in [0.5, 0.6) is 0 Å². The van der Waals surface area contributed by atoms with Gasteiger partial charge >= 0.3 is 0 Å². The van der Waals surface area contributed by atoms with E-state index >= 15 is 0 Å². The summed E-state index contributed by atoms with van der Waals surface area (Å²) in [4.78, 5) is 6.85. The van der Waals surface area contributed by atoms with E-state index < -0.39 is 0 Å². The van der Waals surface area contributed by atoms with Gasteiger partial charge in [-0.15, -0.1) is 0 Å². The van der Waals surface area contributed by atoms with E-state index in [0.717, 1.165) is 18.4 Å². The van der Waals surface area contributed by atoms with Crippen molar-refractivity contribution in [2.45, 2.75) is 39.3 Å². The van der Waals surface area contributed by atoms with E-state index in [9.17, 15) is 0 Å². The highest BCUT2D eigenvalue weighted by Gasteiger charge is 2.20. The fraction of sp³-hybridized carbons (Fsp3) is 0.389. The highest BCUT2D eigenvalue weighted by Crippen LogP contribution is 2.27. The van der Waals surface area contributed by atoms with Crippen molar-refractivity contribution in [3.8, 4) is 0 Å². The zero-order chi connectivity index (χ0) is 14.8. The second kappa shape index (κ2) is 5.86. The Morgan fingerprint density at radius 3 is 2.62 bits per heavy atom. The second-order valence-corrected chi connectivity index (χ2v) is 5.98. The number of hydrogen-bond donors (Lipinski definition) is 1. The molecule has 1 fully saturated rings. The van der Waals surface area contributed by atoms with Gasteiger partial charge in [0.15, 0.2) is 0 Å². The number of pyridine rings is 1. The van der Waals surface area contributed by atoms with E-state index in [1.807, 2.05) is 6.20 Å². The molecule has 1 aliphatic rings. The average Bonchev–Trinajstić information content (AvgIpc) is 3.29. The number of aromatic nitrogens is 1. The maximum Gasteiger partial charge on any atom is 0.135 e. The van der Waals surface area contributed by atoms with Crippen LogP contribution in [-0.4, -0.2) is 18.1 Å². The van der Waals surface area contributed by atoms with E-state index in [1.165, 1.54) is 35.2 Å². The van der Waals surface area contributed by atoms with Crippen molar-refractivity contribution in [1.29, 1.82) is 0 Å². The smallest absolute Gasteiger partial charge is 0.135 e. The van der Waals surface area contributed by atoms with Crippen molar-refractivity contribution < 1.29 is 0 Å². The third-order valence-electron chi connectivity index (χ3n) is 4.07. The Balaban J connectivity index is 1.79. The predicted octanol–water partition coefficient (Wildman–Crippen LogP) is 3.72. The lowest BCUT2D eigenvalue weighted by molar-refractivity contribution is 0.685. The van der Waals surface area contributed by atoms with Gasteiger partial charge in [0.2, 0.25) is 0 Å². The lowest BCUT2D eigenvalue weighted by Gasteiger charge is -2.22. The molecule has 3 nitrogen and oxygen atoms in total. The van der Waals surface area contributed by atoms with Crippen LogP contribution in [0.2, 0.25) is 0 Å². The Morgan fingerprint density at radius 2 is 1.95 bits per heavy atom. The third-order valence-corrected chi connectivity index (χ3v) is 4.07. The summed E-state index contributed by atoms with van der Waals surface area (Å²) >= 11 is 0. The molecule has 0 saturated heterocycles. The number of benzene rings is 1. The molecule has 0 spiro atoms. The van der Waals surface area contributed by atoms with Crippen molar-refractivity contribution in [3.63, 3.8) is 0 Å². The maximum absolute atomic E-state index is 4.68. The van der Waals surface area contributed by atoms with Crippen LogP contribution in [0.1, 0.15) is 29.5 Å². The lowest BCUT2D eigenvalue weighted by atomic mass is 10.1. The predicted molar refractivity (Wildman–Crippen MR) is 88.1 cm³/mol. The summed E-state index contributed by atoms with van der Waals surface area (Å²) in [6.45, 7) is 5.19. The van der Waals surface area contributed by atoms with Gasteiger partial charge in [0.25, 0.3) is 0 Å². The summed E-state index contributed by atoms with van der Waals surface area (Å²) < 4.78 is 0. The summed E-state index contributed by atoms with van der Waals surface area (Å²) in [6, 6.07) is 11.4. The van der Waals surface area contributed by atoms with E-state index in [2.05, 4.69) is 66.4 Å². The number of anilines is 2. The van der Waals surface area contributed by atoms with Gasteiger partial charge < -0.3 is 10.2 Å². The summed E-state index contributed by atoms with van der Waals surface area (Å²) in [5, 5.41) is 3.54. The lowest BCUT2D eigenvalue weighted by Crippen LogP contribution is -2.17. The highest BCUT2D eigenvalue weighted by atomic mass is 15.2. The van der Waals surface area contributed by atoms with Crippen molar-refractivity contribution in [2.75, 3.05) is 11.9 Å². The largest absolute Gasteiger partial charge is 0.329 e. The minimum Gasteiger partial charge on any atom is -0.329 e. The van der Waals surface area contributed by atoms with Gasteiger partial charge in [-0.25, -0.2) is 4.98 Å². The molecular formula is C18H23N3. The van der Waals surface area contributed by atoms with Crippen LogP contribution in [0.3, 0.4) is 0 Å². The summed E-state index contributed by atoms with van der Waals surface area (Å²) in [5.41, 5.74) is 4.95. The van der Waals surface area contributed by atoms with E-state index in [4.69, 9.17) is 0 Å². The molecule has 1 aromatic carbocycles. The van der Waals surface area contributed by atoms with Gasteiger partial charge in [0.1, 0.15) is 5.82 Å². The Bertz CT molecular complexity index is 632. The number of rotatable bonds is 5. The number of nitrogens with one attached hydrogen (secondary N) is 1. The standard InChI is InChI=1S/C18H23N3/c1-13-6-4-5-7-17(13)21(3)18-14(2)10-15(12-20-18)11-19-16-8-9-16/h4-7,10,12,16,19H,8-9,11H2,1-3H3. The van der Waals surface area contributed by atoms with Crippen LogP contribution in [0.15, 0.2) is 36.5 Å². The zero-order valence-electron chi connectivity index (χ0n) is 13.1. The topological polar surface area (TPSA) is 28.2 Å². The molecule has 3 rings (SSSR count). The molecule has 0 aliphatic heterocycles. The first kappa shape index (κ1) is 14.1. The minimum absolute atomic E-state index is 0.736. The first-order valence-electron chi connectivity index (χ1n) is 7.63. The molecule has 0 bridgehead atoms. The van der Waals surface area contributed by atoms with E-state index in [1.54, 1.807) is 0 Å². The molecule has 3 heteroatoms. The second-order valence-electron chi connectivity index (χ2n) is 5.98. The molecule has 1 saturated carbocycles. The Morgan fingerprint density at radius 1 is 1.19 bits per heavy atom. The quantitative estimate of drug-likeness (QED) is 0.905. The van der Waals surface area contributed by atoms with Crippen molar-refractivity contribution in [3.05, 3.63) is 53.2 Å². The van der Waals surface area contributed by atoms with E-state index in [0.29, 0.717) is 0 Å². The van der Waals surface area contributed by atoms with Crippen molar-refractivity contribution >= 4 is 11.5 Å². The van der Waals surface area contributed by atoms with Gasteiger partial charge in [-0.2, -0.15) is 0 Å². The molecule has 0 atom stereocenters. The molecule has 0 amide bonds. The van der Waals surface area contributed by atoms with Crippen LogP contribution in [0, 0.1) is 13.8 Å².